The molecule has 1 heterocycles. The third-order valence-corrected chi connectivity index (χ3v) is 3.70. The summed E-state index contributed by atoms with van der Waals surface area (Å²) in [6.07, 6.45) is 3.71. The number of carbonyl (C=O) groups is 1. The summed E-state index contributed by atoms with van der Waals surface area (Å²) in [6.45, 7) is 6.13. The van der Waals surface area contributed by atoms with E-state index in [-0.39, 0.29) is 23.9 Å². The molecule has 6 heteroatoms. The molecular formula is C17H23N3O3. The van der Waals surface area contributed by atoms with Gasteiger partial charge in [0.2, 0.25) is 0 Å². The van der Waals surface area contributed by atoms with Gasteiger partial charge < -0.3 is 9.94 Å². The second-order valence-corrected chi connectivity index (χ2v) is 5.61. The average Bonchev–Trinajstić information content (AvgIpc) is 2.51. The number of Topliss-reactive ketones (excluding diaryl/α,β-unsaturated/α-hetero) is 1. The SMILES string of the molecule is CCC/C(=N\OCC)C1=C(O)CC(c2nccc(C)n2)CC1=O. The zero-order valence-corrected chi connectivity index (χ0v) is 13.9. The topological polar surface area (TPSA) is 84.7 Å². The second kappa shape index (κ2) is 7.85. The summed E-state index contributed by atoms with van der Waals surface area (Å²) in [7, 11) is 0. The van der Waals surface area contributed by atoms with Gasteiger partial charge in [-0.2, -0.15) is 0 Å². The minimum Gasteiger partial charge on any atom is -0.511 e. The van der Waals surface area contributed by atoms with Crippen molar-refractivity contribution in [2.75, 3.05) is 6.61 Å². The third-order valence-electron chi connectivity index (χ3n) is 3.70. The van der Waals surface area contributed by atoms with Crippen LogP contribution in [-0.4, -0.2) is 33.2 Å². The molecule has 0 radical (unpaired) electrons. The van der Waals surface area contributed by atoms with Crippen LogP contribution in [0.1, 0.15) is 57.0 Å². The molecule has 0 aromatic carbocycles. The smallest absolute Gasteiger partial charge is 0.168 e. The number of aryl methyl sites for hydroxylation is 1. The molecule has 0 aliphatic heterocycles. The van der Waals surface area contributed by atoms with Crippen LogP contribution < -0.4 is 0 Å². The fourth-order valence-corrected chi connectivity index (χ4v) is 2.67. The van der Waals surface area contributed by atoms with Gasteiger partial charge in [0.25, 0.3) is 0 Å². The van der Waals surface area contributed by atoms with E-state index in [2.05, 4.69) is 15.1 Å². The lowest BCUT2D eigenvalue weighted by Gasteiger charge is -2.23. The van der Waals surface area contributed by atoms with E-state index in [1.165, 1.54) is 0 Å². The van der Waals surface area contributed by atoms with Crippen molar-refractivity contribution in [3.8, 4) is 0 Å². The minimum atomic E-state index is -0.193. The summed E-state index contributed by atoms with van der Waals surface area (Å²) in [4.78, 5) is 26.2. The number of carbonyl (C=O) groups excluding carboxylic acids is 1. The molecule has 1 aliphatic rings. The highest BCUT2D eigenvalue weighted by atomic mass is 16.6. The predicted octanol–water partition coefficient (Wildman–Crippen LogP) is 3.24. The Kier molecular flexibility index (Phi) is 5.84. The number of rotatable bonds is 6. The van der Waals surface area contributed by atoms with Gasteiger partial charge in [-0.1, -0.05) is 18.5 Å². The number of hydrogen-bond donors (Lipinski definition) is 1. The lowest BCUT2D eigenvalue weighted by Crippen LogP contribution is -2.25. The van der Waals surface area contributed by atoms with Gasteiger partial charge in [-0.15, -0.1) is 0 Å². The molecule has 1 aliphatic carbocycles. The summed E-state index contributed by atoms with van der Waals surface area (Å²) in [5.74, 6) is 0.336. The van der Waals surface area contributed by atoms with E-state index >= 15 is 0 Å². The molecule has 6 nitrogen and oxygen atoms in total. The summed E-state index contributed by atoms with van der Waals surface area (Å²) in [5, 5.41) is 14.4. The molecule has 2 rings (SSSR count). The second-order valence-electron chi connectivity index (χ2n) is 5.61. The Bertz CT molecular complexity index is 638. The molecule has 1 atom stereocenters. The number of ketones is 1. The summed E-state index contributed by atoms with van der Waals surface area (Å²) < 4.78 is 0. The Morgan fingerprint density at radius 2 is 2.22 bits per heavy atom. The molecule has 0 saturated carbocycles. The zero-order valence-electron chi connectivity index (χ0n) is 13.9. The van der Waals surface area contributed by atoms with Crippen molar-refractivity contribution in [3.63, 3.8) is 0 Å². The molecule has 0 spiro atoms. The van der Waals surface area contributed by atoms with Crippen molar-refractivity contribution >= 4 is 11.5 Å². The van der Waals surface area contributed by atoms with Gasteiger partial charge in [0.1, 0.15) is 18.2 Å². The van der Waals surface area contributed by atoms with Crippen molar-refractivity contribution in [2.24, 2.45) is 5.16 Å². The third kappa shape index (κ3) is 4.15. The van der Waals surface area contributed by atoms with Crippen LogP contribution in [-0.2, 0) is 9.63 Å². The van der Waals surface area contributed by atoms with E-state index in [0.717, 1.165) is 12.1 Å². The van der Waals surface area contributed by atoms with Crippen LogP contribution in [0.4, 0.5) is 0 Å². The van der Waals surface area contributed by atoms with E-state index in [0.29, 0.717) is 36.6 Å². The lowest BCUT2D eigenvalue weighted by molar-refractivity contribution is -0.116. The van der Waals surface area contributed by atoms with E-state index in [1.807, 2.05) is 26.8 Å². The maximum atomic E-state index is 12.5. The van der Waals surface area contributed by atoms with Crippen LogP contribution >= 0.6 is 0 Å². The zero-order chi connectivity index (χ0) is 16.8. The minimum absolute atomic E-state index is 0.0586. The maximum absolute atomic E-state index is 12.5. The molecule has 1 aromatic rings. The van der Waals surface area contributed by atoms with Gasteiger partial charge in [-0.25, -0.2) is 9.97 Å². The van der Waals surface area contributed by atoms with Crippen molar-refractivity contribution in [3.05, 3.63) is 35.1 Å². The van der Waals surface area contributed by atoms with Crippen molar-refractivity contribution in [2.45, 2.75) is 52.4 Å². The standard InChI is InChI=1S/C17H23N3O3/c1-4-6-13(20-23-5-2)16-14(21)9-12(10-15(16)22)17-18-8-7-11(3)19-17/h7-8,12,21H,4-6,9-10H2,1-3H3/b20-13+. The molecular weight excluding hydrogens is 294 g/mol. The van der Waals surface area contributed by atoms with Crippen LogP contribution in [0.3, 0.4) is 0 Å². The Morgan fingerprint density at radius 3 is 2.83 bits per heavy atom. The maximum Gasteiger partial charge on any atom is 0.168 e. The molecule has 0 bridgehead atoms. The van der Waals surface area contributed by atoms with Gasteiger partial charge in [0, 0.05) is 30.7 Å². The first-order chi connectivity index (χ1) is 11.1. The monoisotopic (exact) mass is 317 g/mol. The highest BCUT2D eigenvalue weighted by Crippen LogP contribution is 2.33. The first-order valence-corrected chi connectivity index (χ1v) is 8.00. The number of aliphatic hydroxyl groups is 1. The fourth-order valence-electron chi connectivity index (χ4n) is 2.67. The van der Waals surface area contributed by atoms with E-state index in [1.54, 1.807) is 6.20 Å². The molecule has 124 valence electrons. The van der Waals surface area contributed by atoms with Crippen LogP contribution in [0.2, 0.25) is 0 Å². The molecule has 0 saturated heterocycles. The number of nitrogens with zero attached hydrogens (tertiary/aromatic N) is 3. The van der Waals surface area contributed by atoms with E-state index < -0.39 is 0 Å². The molecule has 1 N–H and O–H groups in total. The van der Waals surface area contributed by atoms with Crippen LogP contribution in [0.25, 0.3) is 0 Å². The Balaban J connectivity index is 2.29. The predicted molar refractivity (Wildman–Crippen MR) is 87.4 cm³/mol. The van der Waals surface area contributed by atoms with Crippen LogP contribution in [0, 0.1) is 6.92 Å². The summed E-state index contributed by atoms with van der Waals surface area (Å²) >= 11 is 0. The quantitative estimate of drug-likeness (QED) is 0.643. The number of hydrogen-bond acceptors (Lipinski definition) is 6. The molecule has 1 aromatic heterocycles. The molecule has 23 heavy (non-hydrogen) atoms. The highest BCUT2D eigenvalue weighted by molar-refractivity contribution is 6.23. The fraction of sp³-hybridized carbons (Fsp3) is 0.529. The number of oxime groups is 1. The molecule has 1 unspecified atom stereocenters. The number of aromatic nitrogens is 2. The van der Waals surface area contributed by atoms with E-state index in [4.69, 9.17) is 4.84 Å². The van der Waals surface area contributed by atoms with Gasteiger partial charge >= 0.3 is 0 Å². The molecule has 0 fully saturated rings. The largest absolute Gasteiger partial charge is 0.511 e. The van der Waals surface area contributed by atoms with Crippen LogP contribution in [0.15, 0.2) is 28.8 Å². The van der Waals surface area contributed by atoms with Gasteiger partial charge in [0.05, 0.1) is 11.3 Å². The van der Waals surface area contributed by atoms with Crippen molar-refractivity contribution in [1.82, 2.24) is 9.97 Å². The highest BCUT2D eigenvalue weighted by Gasteiger charge is 2.32. The summed E-state index contributed by atoms with van der Waals surface area (Å²) in [6, 6.07) is 1.81. The number of aliphatic hydroxyl groups excluding tert-OH is 1. The summed E-state index contributed by atoms with van der Waals surface area (Å²) in [5.41, 5.74) is 1.69. The van der Waals surface area contributed by atoms with E-state index in [9.17, 15) is 9.90 Å². The Labute approximate surface area is 136 Å². The van der Waals surface area contributed by atoms with Gasteiger partial charge in [-0.3, -0.25) is 4.79 Å². The first-order valence-electron chi connectivity index (χ1n) is 8.00. The van der Waals surface area contributed by atoms with Crippen molar-refractivity contribution < 1.29 is 14.7 Å². The Hall–Kier alpha value is -2.24. The lowest BCUT2D eigenvalue weighted by atomic mass is 9.84. The molecule has 0 amide bonds. The first kappa shape index (κ1) is 17.1. The van der Waals surface area contributed by atoms with Gasteiger partial charge in [0.15, 0.2) is 5.78 Å². The normalized spacial score (nSPS) is 19.2. The Morgan fingerprint density at radius 1 is 1.43 bits per heavy atom. The average molecular weight is 317 g/mol. The number of allylic oxidation sites excluding steroid dienone is 2. The van der Waals surface area contributed by atoms with Gasteiger partial charge in [-0.05, 0) is 26.3 Å². The van der Waals surface area contributed by atoms with Crippen LogP contribution in [0.5, 0.6) is 0 Å². The van der Waals surface area contributed by atoms with Crippen molar-refractivity contribution in [1.29, 1.82) is 0 Å².